The lowest BCUT2D eigenvalue weighted by Crippen LogP contribution is -2.25. The molecule has 0 radical (unpaired) electrons. The van der Waals surface area contributed by atoms with Crippen molar-refractivity contribution in [2.24, 2.45) is 7.05 Å². The van der Waals surface area contributed by atoms with Crippen molar-refractivity contribution in [1.82, 2.24) is 20.1 Å². The molecule has 7 heteroatoms. The minimum Gasteiger partial charge on any atom is -0.464 e. The summed E-state index contributed by atoms with van der Waals surface area (Å²) in [7, 11) is 1.75. The molecule has 0 aliphatic heterocycles. The van der Waals surface area contributed by atoms with Crippen LogP contribution < -0.4 is 10.1 Å². The molecule has 3 aromatic rings. The van der Waals surface area contributed by atoms with Gasteiger partial charge in [-0.2, -0.15) is 10.4 Å². The van der Waals surface area contributed by atoms with Crippen LogP contribution in [0.25, 0.3) is 22.0 Å². The van der Waals surface area contributed by atoms with Crippen LogP contribution in [0.15, 0.2) is 30.5 Å². The summed E-state index contributed by atoms with van der Waals surface area (Å²) >= 11 is 0. The van der Waals surface area contributed by atoms with E-state index in [1.54, 1.807) is 36.1 Å². The van der Waals surface area contributed by atoms with Crippen molar-refractivity contribution in [3.63, 3.8) is 0 Å². The molecule has 0 spiro atoms. The molecule has 0 aliphatic carbocycles. The Hall–Kier alpha value is -3.84. The zero-order valence-corrected chi connectivity index (χ0v) is 17.1. The quantitative estimate of drug-likeness (QED) is 0.461. The van der Waals surface area contributed by atoms with Crippen molar-refractivity contribution in [3.8, 4) is 35.4 Å². The molecule has 152 valence electrons. The van der Waals surface area contributed by atoms with E-state index in [0.717, 1.165) is 24.6 Å². The normalized spacial score (nSPS) is 10.4. The molecule has 0 bridgehead atoms. The highest BCUT2D eigenvalue weighted by Gasteiger charge is 2.20. The number of carbonyl (C=O) groups is 1. The molecule has 0 atom stereocenters. The van der Waals surface area contributed by atoms with Crippen molar-refractivity contribution < 1.29 is 9.53 Å². The highest BCUT2D eigenvalue weighted by Crippen LogP contribution is 2.35. The minimum atomic E-state index is -0.281. The van der Waals surface area contributed by atoms with Crippen LogP contribution in [-0.4, -0.2) is 33.8 Å². The monoisotopic (exact) mass is 401 g/mol. The molecule has 1 aromatic carbocycles. The molecule has 0 saturated heterocycles. The standard InChI is InChI=1S/C23H23N5O2/c1-4-6-7-11-25-22(29)20-13-18(17-10-8-9-16(14-24)21(17)27-20)19-15-26-28(3)23(19)30-12-5-2/h2,8-10,13,15H,4,6-7,11-12H2,1,3H3,(H,25,29). The number of ether oxygens (including phenoxy) is 1. The molecule has 0 unspecified atom stereocenters. The number of hydrogen-bond donors (Lipinski definition) is 1. The van der Waals surface area contributed by atoms with Gasteiger partial charge in [0.2, 0.25) is 5.88 Å². The van der Waals surface area contributed by atoms with E-state index in [9.17, 15) is 10.1 Å². The first-order valence-corrected chi connectivity index (χ1v) is 9.81. The van der Waals surface area contributed by atoms with Crippen LogP contribution in [0.2, 0.25) is 0 Å². The first kappa shape index (κ1) is 20.9. The maximum absolute atomic E-state index is 12.8. The summed E-state index contributed by atoms with van der Waals surface area (Å²) in [6.07, 6.45) is 10.0. The lowest BCUT2D eigenvalue weighted by molar-refractivity contribution is 0.0948. The van der Waals surface area contributed by atoms with Crippen LogP contribution in [0.3, 0.4) is 0 Å². The number of rotatable bonds is 8. The van der Waals surface area contributed by atoms with E-state index in [2.05, 4.69) is 34.3 Å². The second-order valence-corrected chi connectivity index (χ2v) is 6.81. The van der Waals surface area contributed by atoms with Gasteiger partial charge in [0.15, 0.2) is 6.61 Å². The number of benzene rings is 1. The number of terminal acetylenes is 1. The summed E-state index contributed by atoms with van der Waals surface area (Å²) in [6, 6.07) is 9.19. The first-order chi connectivity index (χ1) is 14.6. The third-order valence-corrected chi connectivity index (χ3v) is 4.73. The van der Waals surface area contributed by atoms with Crippen LogP contribution in [0.1, 0.15) is 42.2 Å². The fraction of sp³-hybridized carbons (Fsp3) is 0.304. The first-order valence-electron chi connectivity index (χ1n) is 9.81. The van der Waals surface area contributed by atoms with Crippen molar-refractivity contribution in [1.29, 1.82) is 5.26 Å². The smallest absolute Gasteiger partial charge is 0.269 e. The molecule has 30 heavy (non-hydrogen) atoms. The predicted octanol–water partition coefficient (Wildman–Crippen LogP) is 3.44. The zero-order valence-electron chi connectivity index (χ0n) is 17.1. The highest BCUT2D eigenvalue weighted by atomic mass is 16.5. The second-order valence-electron chi connectivity index (χ2n) is 6.81. The van der Waals surface area contributed by atoms with Gasteiger partial charge in [-0.3, -0.25) is 4.79 Å². The number of nitrogens with one attached hydrogen (secondary N) is 1. The summed E-state index contributed by atoms with van der Waals surface area (Å²) in [4.78, 5) is 17.3. The molecule has 1 N–H and O–H groups in total. The number of nitriles is 1. The van der Waals surface area contributed by atoms with E-state index in [1.165, 1.54) is 0 Å². The molecule has 2 heterocycles. The van der Waals surface area contributed by atoms with Gasteiger partial charge in [-0.25, -0.2) is 9.67 Å². The third kappa shape index (κ3) is 4.26. The van der Waals surface area contributed by atoms with Crippen molar-refractivity contribution in [3.05, 3.63) is 41.7 Å². The molecule has 0 fully saturated rings. The average molecular weight is 401 g/mol. The molecular weight excluding hydrogens is 378 g/mol. The Kier molecular flexibility index (Phi) is 6.67. The van der Waals surface area contributed by atoms with E-state index in [-0.39, 0.29) is 18.2 Å². The number of fused-ring (bicyclic) bond motifs is 1. The van der Waals surface area contributed by atoms with Crippen molar-refractivity contribution >= 4 is 16.8 Å². The summed E-state index contributed by atoms with van der Waals surface area (Å²) in [5.41, 5.74) is 2.47. The van der Waals surface area contributed by atoms with Crippen LogP contribution in [0.5, 0.6) is 5.88 Å². The number of pyridine rings is 1. The number of nitrogens with zero attached hydrogens (tertiary/aromatic N) is 4. The van der Waals surface area contributed by atoms with Crippen molar-refractivity contribution in [2.45, 2.75) is 26.2 Å². The Morgan fingerprint density at radius 1 is 1.33 bits per heavy atom. The van der Waals surface area contributed by atoms with Crippen LogP contribution in [0, 0.1) is 23.7 Å². The lowest BCUT2D eigenvalue weighted by Gasteiger charge is -2.12. The second kappa shape index (κ2) is 9.58. The molecular formula is C23H23N5O2. The van der Waals surface area contributed by atoms with Gasteiger partial charge in [0.25, 0.3) is 5.91 Å². The fourth-order valence-electron chi connectivity index (χ4n) is 3.24. The number of carbonyl (C=O) groups excluding carboxylic acids is 1. The van der Waals surface area contributed by atoms with E-state index in [0.29, 0.717) is 34.6 Å². The molecule has 3 rings (SSSR count). The Labute approximate surface area is 175 Å². The summed E-state index contributed by atoms with van der Waals surface area (Å²) in [5, 5.41) is 17.5. The fourth-order valence-corrected chi connectivity index (χ4v) is 3.24. The van der Waals surface area contributed by atoms with Gasteiger partial charge < -0.3 is 10.1 Å². The van der Waals surface area contributed by atoms with Crippen LogP contribution in [-0.2, 0) is 7.05 Å². The number of aromatic nitrogens is 3. The van der Waals surface area contributed by atoms with Gasteiger partial charge in [0.1, 0.15) is 11.8 Å². The van der Waals surface area contributed by atoms with E-state index >= 15 is 0 Å². The third-order valence-electron chi connectivity index (χ3n) is 4.73. The average Bonchev–Trinajstić information content (AvgIpc) is 3.13. The number of para-hydroxylation sites is 1. The van der Waals surface area contributed by atoms with Crippen LogP contribution in [0.4, 0.5) is 0 Å². The van der Waals surface area contributed by atoms with E-state index in [1.807, 2.05) is 6.07 Å². The lowest BCUT2D eigenvalue weighted by atomic mass is 10.00. The van der Waals surface area contributed by atoms with Gasteiger partial charge in [-0.1, -0.05) is 37.8 Å². The minimum absolute atomic E-state index is 0.0871. The molecule has 1 amide bonds. The predicted molar refractivity (Wildman–Crippen MR) is 115 cm³/mol. The SMILES string of the molecule is C#CCOc1c(-c2cc(C(=O)NCCCCC)nc3c(C#N)cccc23)cnn1C. The summed E-state index contributed by atoms with van der Waals surface area (Å²) in [6.45, 7) is 2.77. The Bertz CT molecular complexity index is 1150. The number of amides is 1. The maximum Gasteiger partial charge on any atom is 0.269 e. The molecule has 7 nitrogen and oxygen atoms in total. The highest BCUT2D eigenvalue weighted by molar-refractivity contribution is 6.03. The van der Waals surface area contributed by atoms with Gasteiger partial charge in [-0.15, -0.1) is 6.42 Å². The Morgan fingerprint density at radius 2 is 2.17 bits per heavy atom. The maximum atomic E-state index is 12.8. The van der Waals surface area contributed by atoms with Gasteiger partial charge >= 0.3 is 0 Å². The summed E-state index contributed by atoms with van der Waals surface area (Å²) < 4.78 is 7.27. The van der Waals surface area contributed by atoms with Gasteiger partial charge in [0, 0.05) is 24.5 Å². The van der Waals surface area contributed by atoms with E-state index < -0.39 is 0 Å². The number of hydrogen-bond acceptors (Lipinski definition) is 5. The van der Waals surface area contributed by atoms with Gasteiger partial charge in [0.05, 0.1) is 22.8 Å². The topological polar surface area (TPSA) is 92.8 Å². The Morgan fingerprint density at radius 3 is 2.90 bits per heavy atom. The van der Waals surface area contributed by atoms with Gasteiger partial charge in [-0.05, 0) is 18.6 Å². The van der Waals surface area contributed by atoms with Crippen LogP contribution >= 0.6 is 0 Å². The van der Waals surface area contributed by atoms with E-state index in [4.69, 9.17) is 11.2 Å². The number of aryl methyl sites for hydroxylation is 1. The molecule has 2 aromatic heterocycles. The number of unbranched alkanes of at least 4 members (excludes halogenated alkanes) is 2. The zero-order chi connectivity index (χ0) is 21.5. The molecule has 0 saturated carbocycles. The summed E-state index contributed by atoms with van der Waals surface area (Å²) in [5.74, 6) is 2.65. The largest absolute Gasteiger partial charge is 0.464 e. The Balaban J connectivity index is 2.13. The molecule has 0 aliphatic rings. The van der Waals surface area contributed by atoms with Crippen molar-refractivity contribution in [2.75, 3.05) is 13.2 Å².